The summed E-state index contributed by atoms with van der Waals surface area (Å²) in [6, 6.07) is 8.39. The van der Waals surface area contributed by atoms with E-state index in [0.717, 1.165) is 18.0 Å². The van der Waals surface area contributed by atoms with Crippen molar-refractivity contribution in [2.75, 3.05) is 24.1 Å². The van der Waals surface area contributed by atoms with Crippen molar-refractivity contribution in [2.45, 2.75) is 6.92 Å². The lowest BCUT2D eigenvalue weighted by Gasteiger charge is -2.19. The van der Waals surface area contributed by atoms with Crippen LogP contribution in [0.15, 0.2) is 52.0 Å². The molecule has 0 bridgehead atoms. The van der Waals surface area contributed by atoms with Crippen LogP contribution in [0.2, 0.25) is 0 Å². The minimum absolute atomic E-state index is 0.0520. The molecule has 0 atom stereocenters. The van der Waals surface area contributed by atoms with Crippen molar-refractivity contribution in [1.82, 2.24) is 8.87 Å². The highest BCUT2D eigenvalue weighted by Crippen LogP contribution is 2.30. The topological polar surface area (TPSA) is 96.6 Å². The number of pyridine rings is 1. The lowest BCUT2D eigenvalue weighted by Crippen LogP contribution is -2.31. The maximum Gasteiger partial charge on any atom is 0.301 e. The van der Waals surface area contributed by atoms with E-state index in [1.807, 2.05) is 19.1 Å². The van der Waals surface area contributed by atoms with Crippen LogP contribution in [-0.2, 0) is 10.2 Å². The maximum atomic E-state index is 15.1. The first-order valence-corrected chi connectivity index (χ1v) is 10.8. The van der Waals surface area contributed by atoms with Gasteiger partial charge in [0.15, 0.2) is 0 Å². The Labute approximate surface area is 180 Å². The fraction of sp³-hybridized carbons (Fsp3) is 0.167. The van der Waals surface area contributed by atoms with E-state index in [0.29, 0.717) is 5.69 Å². The van der Waals surface area contributed by atoms with Crippen LogP contribution in [0.1, 0.15) is 5.56 Å². The van der Waals surface area contributed by atoms with Gasteiger partial charge in [-0.15, -0.1) is 0 Å². The molecule has 0 aliphatic heterocycles. The Balaban J connectivity index is 2.20. The predicted molar refractivity (Wildman–Crippen MR) is 118 cm³/mol. The van der Waals surface area contributed by atoms with E-state index in [1.54, 1.807) is 6.07 Å². The van der Waals surface area contributed by atoms with Gasteiger partial charge >= 0.3 is 10.2 Å². The second kappa shape index (κ2) is 8.16. The number of nitrogens with one attached hydrogen (secondary N) is 2. The molecule has 2 aromatic heterocycles. The van der Waals surface area contributed by atoms with Crippen molar-refractivity contribution in [3.8, 4) is 5.88 Å². The third-order valence-corrected chi connectivity index (χ3v) is 6.18. The van der Waals surface area contributed by atoms with E-state index < -0.39 is 21.6 Å². The number of anilines is 3. The molecule has 29 heavy (non-hydrogen) atoms. The van der Waals surface area contributed by atoms with Gasteiger partial charge < -0.3 is 9.73 Å². The summed E-state index contributed by atoms with van der Waals surface area (Å²) in [5, 5.41) is 2.84. The zero-order valence-corrected chi connectivity index (χ0v) is 18.7. The summed E-state index contributed by atoms with van der Waals surface area (Å²) in [4.78, 5) is 12.6. The lowest BCUT2D eigenvalue weighted by molar-refractivity contribution is 0.520. The number of aryl methyl sites for hydroxylation is 1. The Hall–Kier alpha value is -2.38. The number of benzene rings is 1. The van der Waals surface area contributed by atoms with Crippen LogP contribution in [0, 0.1) is 16.3 Å². The van der Waals surface area contributed by atoms with E-state index in [9.17, 15) is 13.2 Å². The largest absolute Gasteiger partial charge is 0.448 e. The number of hydrogen-bond donors (Lipinski definition) is 2. The first-order chi connectivity index (χ1) is 13.6. The number of hydrogen-bond acceptors (Lipinski definition) is 5. The van der Waals surface area contributed by atoms with Crippen molar-refractivity contribution < 1.29 is 17.2 Å². The zero-order valence-electron chi connectivity index (χ0n) is 15.7. The van der Waals surface area contributed by atoms with Crippen molar-refractivity contribution in [1.29, 1.82) is 0 Å². The number of aromatic nitrogens is 1. The second-order valence-electron chi connectivity index (χ2n) is 6.33. The first kappa shape index (κ1) is 21.3. The number of nitrogens with zero attached hydrogens (tertiary/aromatic N) is 2. The molecule has 8 nitrogen and oxygen atoms in total. The minimum Gasteiger partial charge on any atom is -0.448 e. The molecule has 11 heteroatoms. The molecule has 0 saturated carbocycles. The van der Waals surface area contributed by atoms with Crippen LogP contribution >= 0.6 is 22.6 Å². The monoisotopic (exact) mass is 532 g/mol. The van der Waals surface area contributed by atoms with Crippen LogP contribution < -0.4 is 15.6 Å². The Morgan fingerprint density at radius 1 is 1.21 bits per heavy atom. The van der Waals surface area contributed by atoms with Gasteiger partial charge in [0.25, 0.3) is 5.56 Å². The average Bonchev–Trinajstić information content (AvgIpc) is 3.17. The van der Waals surface area contributed by atoms with E-state index in [2.05, 4.69) is 32.6 Å². The zero-order chi connectivity index (χ0) is 21.3. The molecule has 1 aromatic carbocycles. The van der Waals surface area contributed by atoms with E-state index in [1.165, 1.54) is 38.7 Å². The van der Waals surface area contributed by atoms with Crippen molar-refractivity contribution >= 4 is 49.9 Å². The number of furan rings is 1. The Kier molecular flexibility index (Phi) is 6.00. The third kappa shape index (κ3) is 4.46. The van der Waals surface area contributed by atoms with Gasteiger partial charge in [-0.1, -0.05) is 0 Å². The quantitative estimate of drug-likeness (QED) is 0.475. The highest BCUT2D eigenvalue weighted by atomic mass is 127. The molecule has 2 N–H and O–H groups in total. The number of halogens is 2. The van der Waals surface area contributed by atoms with Gasteiger partial charge in [0, 0.05) is 35.6 Å². The standard InChI is InChI=1S/C18H18FIN4O4S/c1-11-9-12(20)6-7-13(11)21-17-14(22-29(26,27)23(2)3)10-24(18(25)16(17)19)15-5-4-8-28-15/h4-10,21-22H,1-3H3. The van der Waals surface area contributed by atoms with Crippen molar-refractivity contribution in [3.05, 3.63) is 68.1 Å². The second-order valence-corrected chi connectivity index (χ2v) is 9.46. The molecular weight excluding hydrogens is 514 g/mol. The summed E-state index contributed by atoms with van der Waals surface area (Å²) in [5.41, 5.74) is -0.0891. The van der Waals surface area contributed by atoms with E-state index in [4.69, 9.17) is 4.42 Å². The van der Waals surface area contributed by atoms with Crippen LogP contribution in [0.3, 0.4) is 0 Å². The summed E-state index contributed by atoms with van der Waals surface area (Å²) in [6.07, 6.45) is 2.50. The Morgan fingerprint density at radius 2 is 1.93 bits per heavy atom. The summed E-state index contributed by atoms with van der Waals surface area (Å²) >= 11 is 2.14. The summed E-state index contributed by atoms with van der Waals surface area (Å²) in [7, 11) is -1.31. The van der Waals surface area contributed by atoms with Gasteiger partial charge in [-0.05, 0) is 59.3 Å². The highest BCUT2D eigenvalue weighted by molar-refractivity contribution is 14.1. The van der Waals surface area contributed by atoms with E-state index >= 15 is 4.39 Å². The molecule has 154 valence electrons. The summed E-state index contributed by atoms with van der Waals surface area (Å²) < 4.78 is 50.1. The molecule has 0 fully saturated rings. The van der Waals surface area contributed by atoms with Gasteiger partial charge in [-0.25, -0.2) is 4.57 Å². The average molecular weight is 532 g/mol. The summed E-state index contributed by atoms with van der Waals surface area (Å²) in [6.45, 7) is 1.82. The van der Waals surface area contributed by atoms with Gasteiger partial charge in [0.1, 0.15) is 5.69 Å². The third-order valence-electron chi connectivity index (χ3n) is 4.06. The van der Waals surface area contributed by atoms with Crippen molar-refractivity contribution in [2.24, 2.45) is 0 Å². The normalized spacial score (nSPS) is 11.7. The molecular formula is C18H18FIN4O4S. The van der Waals surface area contributed by atoms with Crippen molar-refractivity contribution in [3.63, 3.8) is 0 Å². The summed E-state index contributed by atoms with van der Waals surface area (Å²) in [5.74, 6) is -1.10. The molecule has 3 rings (SSSR count). The Morgan fingerprint density at radius 3 is 2.52 bits per heavy atom. The van der Waals surface area contributed by atoms with Crippen LogP contribution in [0.25, 0.3) is 5.88 Å². The van der Waals surface area contributed by atoms with Crippen LogP contribution in [0.4, 0.5) is 21.5 Å². The molecule has 0 aliphatic rings. The van der Waals surface area contributed by atoms with Gasteiger partial charge in [-0.2, -0.15) is 17.1 Å². The van der Waals surface area contributed by atoms with Gasteiger partial charge in [-0.3, -0.25) is 9.52 Å². The molecule has 0 unspecified atom stereocenters. The fourth-order valence-electron chi connectivity index (χ4n) is 2.49. The van der Waals surface area contributed by atoms with Crippen LogP contribution in [0.5, 0.6) is 0 Å². The maximum absolute atomic E-state index is 15.1. The van der Waals surface area contributed by atoms with Gasteiger partial charge in [0.05, 0.1) is 12.0 Å². The Bertz CT molecular complexity index is 1210. The lowest BCUT2D eigenvalue weighted by atomic mass is 10.2. The molecule has 0 spiro atoms. The molecule has 0 saturated heterocycles. The van der Waals surface area contributed by atoms with Crippen LogP contribution in [-0.4, -0.2) is 31.4 Å². The predicted octanol–water partition coefficient (Wildman–Crippen LogP) is 3.44. The highest BCUT2D eigenvalue weighted by Gasteiger charge is 2.23. The fourth-order valence-corrected chi connectivity index (χ4v) is 3.75. The first-order valence-electron chi connectivity index (χ1n) is 8.32. The molecule has 0 amide bonds. The van der Waals surface area contributed by atoms with E-state index in [-0.39, 0.29) is 17.3 Å². The molecule has 2 heterocycles. The van der Waals surface area contributed by atoms with Gasteiger partial charge in [0.2, 0.25) is 11.7 Å². The molecule has 3 aromatic rings. The SMILES string of the molecule is Cc1cc(I)ccc1Nc1c(NS(=O)(=O)N(C)C)cn(-c2ccco2)c(=O)c1F. The number of rotatable bonds is 6. The minimum atomic E-state index is -3.97. The molecule has 0 radical (unpaired) electrons. The smallest absolute Gasteiger partial charge is 0.301 e. The molecule has 0 aliphatic carbocycles.